The molecular weight excluding hydrogens is 398 g/mol. The van der Waals surface area contributed by atoms with Crippen LogP contribution >= 0.6 is 0 Å². The number of H-pyrrole nitrogens is 1. The molecule has 11 heteroatoms. The second-order valence-corrected chi connectivity index (χ2v) is 8.20. The first-order valence-corrected chi connectivity index (χ1v) is 10.3. The SMILES string of the molecule is Cc1nc(S(=O)(=O)NCCC(=O)OC(C)c2nc3ccccc3c(=O)[nH]2)cn1C. The Morgan fingerprint density at radius 2 is 2.03 bits per heavy atom. The van der Waals surface area contributed by atoms with Crippen LogP contribution in [0.5, 0.6) is 0 Å². The number of aromatic amines is 1. The van der Waals surface area contributed by atoms with Gasteiger partial charge in [0.2, 0.25) is 0 Å². The zero-order valence-corrected chi connectivity index (χ0v) is 17.0. The molecule has 1 unspecified atom stereocenters. The van der Waals surface area contributed by atoms with Gasteiger partial charge in [-0.15, -0.1) is 0 Å². The number of fused-ring (bicyclic) bond motifs is 1. The van der Waals surface area contributed by atoms with E-state index in [9.17, 15) is 18.0 Å². The number of esters is 1. The summed E-state index contributed by atoms with van der Waals surface area (Å²) in [6.45, 7) is 3.11. The molecule has 0 amide bonds. The molecule has 0 aliphatic heterocycles. The molecule has 0 spiro atoms. The fourth-order valence-electron chi connectivity index (χ4n) is 2.63. The maximum atomic E-state index is 12.2. The van der Waals surface area contributed by atoms with Gasteiger partial charge in [0.25, 0.3) is 15.6 Å². The number of para-hydroxylation sites is 1. The van der Waals surface area contributed by atoms with Crippen LogP contribution in [0.25, 0.3) is 10.9 Å². The Bertz CT molecular complexity index is 1200. The van der Waals surface area contributed by atoms with Crippen LogP contribution in [-0.2, 0) is 26.6 Å². The van der Waals surface area contributed by atoms with E-state index in [2.05, 4.69) is 19.7 Å². The van der Waals surface area contributed by atoms with Gasteiger partial charge in [0.1, 0.15) is 5.82 Å². The standard InChI is InChI=1S/C18H21N5O5S/c1-11(17-21-14-7-5-4-6-13(14)18(25)22-17)28-16(24)8-9-19-29(26,27)15-10-23(3)12(2)20-15/h4-7,10-11,19H,8-9H2,1-3H3,(H,21,22,25). The lowest BCUT2D eigenvalue weighted by atomic mass is 10.2. The fourth-order valence-corrected chi connectivity index (χ4v) is 3.69. The summed E-state index contributed by atoms with van der Waals surface area (Å²) in [5, 5.41) is 0.325. The molecule has 3 rings (SSSR count). The summed E-state index contributed by atoms with van der Waals surface area (Å²) in [6, 6.07) is 6.83. The van der Waals surface area contributed by atoms with Crippen molar-refractivity contribution in [3.63, 3.8) is 0 Å². The van der Waals surface area contributed by atoms with E-state index in [0.29, 0.717) is 16.7 Å². The summed E-state index contributed by atoms with van der Waals surface area (Å²) in [6.07, 6.45) is 0.405. The zero-order valence-electron chi connectivity index (χ0n) is 16.2. The van der Waals surface area contributed by atoms with Gasteiger partial charge >= 0.3 is 5.97 Å². The monoisotopic (exact) mass is 419 g/mol. The van der Waals surface area contributed by atoms with E-state index in [1.165, 1.54) is 6.20 Å². The van der Waals surface area contributed by atoms with Crippen LogP contribution in [0.15, 0.2) is 40.3 Å². The first kappa shape index (κ1) is 20.7. The molecule has 10 nitrogen and oxygen atoms in total. The van der Waals surface area contributed by atoms with Crippen molar-refractivity contribution >= 4 is 26.9 Å². The minimum atomic E-state index is -3.82. The number of carbonyl (C=O) groups is 1. The molecule has 1 aromatic carbocycles. The van der Waals surface area contributed by atoms with E-state index in [1.807, 2.05) is 0 Å². The molecule has 29 heavy (non-hydrogen) atoms. The van der Waals surface area contributed by atoms with Crippen LogP contribution in [0.1, 0.15) is 31.1 Å². The van der Waals surface area contributed by atoms with E-state index in [-0.39, 0.29) is 29.4 Å². The van der Waals surface area contributed by atoms with Crippen LogP contribution < -0.4 is 10.3 Å². The number of benzene rings is 1. The van der Waals surface area contributed by atoms with E-state index >= 15 is 0 Å². The first-order valence-electron chi connectivity index (χ1n) is 8.85. The number of imidazole rings is 1. The molecule has 0 aliphatic carbocycles. The summed E-state index contributed by atoms with van der Waals surface area (Å²) in [4.78, 5) is 35.0. The smallest absolute Gasteiger partial charge is 0.307 e. The Balaban J connectivity index is 1.59. The maximum absolute atomic E-state index is 12.2. The van der Waals surface area contributed by atoms with E-state index in [4.69, 9.17) is 4.74 Å². The Hall–Kier alpha value is -3.05. The average Bonchev–Trinajstić information content (AvgIpc) is 3.01. The summed E-state index contributed by atoms with van der Waals surface area (Å²) >= 11 is 0. The normalized spacial score (nSPS) is 12.8. The van der Waals surface area contributed by atoms with Crippen molar-refractivity contribution < 1.29 is 17.9 Å². The van der Waals surface area contributed by atoms with Gasteiger partial charge in [0, 0.05) is 19.8 Å². The van der Waals surface area contributed by atoms with E-state index < -0.39 is 22.1 Å². The number of hydrogen-bond donors (Lipinski definition) is 2. The average molecular weight is 419 g/mol. The molecule has 0 radical (unpaired) electrons. The molecule has 1 atom stereocenters. The first-order chi connectivity index (χ1) is 13.7. The molecule has 2 N–H and O–H groups in total. The third-order valence-electron chi connectivity index (χ3n) is 4.31. The van der Waals surface area contributed by atoms with Gasteiger partial charge < -0.3 is 14.3 Å². The number of aryl methyl sites for hydroxylation is 2. The van der Waals surface area contributed by atoms with Crippen molar-refractivity contribution in [1.29, 1.82) is 0 Å². The number of ether oxygens (including phenoxy) is 1. The molecule has 0 bridgehead atoms. The zero-order chi connectivity index (χ0) is 21.2. The van der Waals surface area contributed by atoms with Crippen molar-refractivity contribution in [1.82, 2.24) is 24.2 Å². The van der Waals surface area contributed by atoms with Gasteiger partial charge in [0.15, 0.2) is 17.0 Å². The molecule has 2 heterocycles. The van der Waals surface area contributed by atoms with Crippen molar-refractivity contribution in [2.24, 2.45) is 7.05 Å². The van der Waals surface area contributed by atoms with Crippen LogP contribution in [0.3, 0.4) is 0 Å². The molecule has 0 saturated carbocycles. The van der Waals surface area contributed by atoms with Gasteiger partial charge in [-0.05, 0) is 26.0 Å². The highest BCUT2D eigenvalue weighted by Gasteiger charge is 2.20. The van der Waals surface area contributed by atoms with Crippen molar-refractivity contribution in [2.75, 3.05) is 6.54 Å². The number of sulfonamides is 1. The number of nitrogens with one attached hydrogen (secondary N) is 2. The lowest BCUT2D eigenvalue weighted by Gasteiger charge is -2.13. The van der Waals surface area contributed by atoms with Crippen LogP contribution in [0, 0.1) is 6.92 Å². The van der Waals surface area contributed by atoms with Crippen LogP contribution in [0.2, 0.25) is 0 Å². The van der Waals surface area contributed by atoms with Crippen molar-refractivity contribution in [3.05, 3.63) is 52.5 Å². The lowest BCUT2D eigenvalue weighted by Crippen LogP contribution is -2.27. The Morgan fingerprint density at radius 3 is 2.72 bits per heavy atom. The third kappa shape index (κ3) is 4.69. The predicted octanol–water partition coefficient (Wildman–Crippen LogP) is 0.938. The Kier molecular flexibility index (Phi) is 5.80. The minimum Gasteiger partial charge on any atom is -0.454 e. The molecule has 154 valence electrons. The summed E-state index contributed by atoms with van der Waals surface area (Å²) < 4.78 is 33.6. The van der Waals surface area contributed by atoms with Crippen LogP contribution in [0.4, 0.5) is 0 Å². The van der Waals surface area contributed by atoms with Crippen LogP contribution in [-0.4, -0.2) is 40.5 Å². The second-order valence-electron chi connectivity index (χ2n) is 6.49. The maximum Gasteiger partial charge on any atom is 0.307 e. The number of aromatic nitrogens is 4. The highest BCUT2D eigenvalue weighted by atomic mass is 32.2. The second kappa shape index (κ2) is 8.13. The fraction of sp³-hybridized carbons (Fsp3) is 0.333. The molecular formula is C18H21N5O5S. The number of carbonyl (C=O) groups excluding carboxylic acids is 1. The topological polar surface area (TPSA) is 136 Å². The lowest BCUT2D eigenvalue weighted by molar-refractivity contribution is -0.148. The highest BCUT2D eigenvalue weighted by molar-refractivity contribution is 7.89. The van der Waals surface area contributed by atoms with Gasteiger partial charge in [-0.2, -0.15) is 0 Å². The van der Waals surface area contributed by atoms with Crippen molar-refractivity contribution in [3.8, 4) is 0 Å². The number of hydrogen-bond acceptors (Lipinski definition) is 7. The van der Waals surface area contributed by atoms with Gasteiger partial charge in [-0.1, -0.05) is 12.1 Å². The summed E-state index contributed by atoms with van der Waals surface area (Å²) in [7, 11) is -2.13. The van der Waals surface area contributed by atoms with Gasteiger partial charge in [-0.3, -0.25) is 9.59 Å². The molecule has 0 aliphatic rings. The van der Waals surface area contributed by atoms with Crippen molar-refractivity contribution in [2.45, 2.75) is 31.4 Å². The summed E-state index contributed by atoms with van der Waals surface area (Å²) in [5.41, 5.74) is 0.166. The summed E-state index contributed by atoms with van der Waals surface area (Å²) in [5.74, 6) is 0.135. The van der Waals surface area contributed by atoms with E-state index in [1.54, 1.807) is 49.7 Å². The minimum absolute atomic E-state index is 0.114. The molecule has 0 fully saturated rings. The molecule has 3 aromatic rings. The quantitative estimate of drug-likeness (QED) is 0.544. The molecule has 2 aromatic heterocycles. The number of nitrogens with zero attached hydrogens (tertiary/aromatic N) is 3. The van der Waals surface area contributed by atoms with Gasteiger partial charge in [-0.25, -0.2) is 23.1 Å². The Morgan fingerprint density at radius 1 is 1.31 bits per heavy atom. The third-order valence-corrected chi connectivity index (χ3v) is 5.64. The van der Waals surface area contributed by atoms with Gasteiger partial charge in [0.05, 0.1) is 17.3 Å². The largest absolute Gasteiger partial charge is 0.454 e. The predicted molar refractivity (Wildman–Crippen MR) is 105 cm³/mol. The van der Waals surface area contributed by atoms with E-state index in [0.717, 1.165) is 0 Å². The molecule has 0 saturated heterocycles. The highest BCUT2D eigenvalue weighted by Crippen LogP contribution is 2.15. The number of rotatable bonds is 7. The Labute approximate surface area is 167 Å².